The van der Waals surface area contributed by atoms with Gasteiger partial charge in [0.05, 0.1) is 29.6 Å². The molecule has 9 nitrogen and oxygen atoms in total. The van der Waals surface area contributed by atoms with Crippen LogP contribution < -0.4 is 11.1 Å². The molecule has 31 heavy (non-hydrogen) atoms. The summed E-state index contributed by atoms with van der Waals surface area (Å²) in [4.78, 5) is 26.9. The fourth-order valence-electron chi connectivity index (χ4n) is 3.54. The average Bonchev–Trinajstić information content (AvgIpc) is 3.30. The van der Waals surface area contributed by atoms with Crippen LogP contribution in [0.5, 0.6) is 0 Å². The molecule has 2 rings (SSSR count). The third-order valence-electron chi connectivity index (χ3n) is 4.96. The second-order valence-electron chi connectivity index (χ2n) is 8.64. The number of ether oxygens (including phenoxy) is 2. The topological polar surface area (TPSA) is 112 Å². The van der Waals surface area contributed by atoms with Crippen LogP contribution in [0.2, 0.25) is 0 Å². The van der Waals surface area contributed by atoms with Gasteiger partial charge in [-0.15, -0.1) is 0 Å². The van der Waals surface area contributed by atoms with Crippen molar-refractivity contribution >= 4 is 23.6 Å². The molecule has 1 amide bonds. The van der Waals surface area contributed by atoms with Gasteiger partial charge in [0.15, 0.2) is 0 Å². The second-order valence-corrected chi connectivity index (χ2v) is 8.64. The van der Waals surface area contributed by atoms with E-state index in [0.29, 0.717) is 55.3 Å². The number of carbonyl (C=O) groups excluding carboxylic acids is 2. The van der Waals surface area contributed by atoms with Crippen molar-refractivity contribution in [2.45, 2.75) is 79.0 Å². The van der Waals surface area contributed by atoms with Crippen LogP contribution in [0.4, 0.5) is 10.6 Å². The van der Waals surface area contributed by atoms with Gasteiger partial charge >= 0.3 is 12.1 Å². The van der Waals surface area contributed by atoms with Crippen molar-refractivity contribution in [3.63, 3.8) is 0 Å². The summed E-state index contributed by atoms with van der Waals surface area (Å²) < 4.78 is 12.5. The van der Waals surface area contributed by atoms with Crippen LogP contribution in [0, 0.1) is 0 Å². The molecule has 1 aliphatic heterocycles. The predicted octanol–water partition coefficient (Wildman–Crippen LogP) is 3.16. The summed E-state index contributed by atoms with van der Waals surface area (Å²) in [7, 11) is 0. The van der Waals surface area contributed by atoms with E-state index in [9.17, 15) is 9.59 Å². The zero-order valence-electron chi connectivity index (χ0n) is 19.7. The maximum atomic E-state index is 12.8. The van der Waals surface area contributed by atoms with Crippen LogP contribution >= 0.6 is 0 Å². The molecule has 174 valence electrons. The van der Waals surface area contributed by atoms with Gasteiger partial charge in [-0.1, -0.05) is 13.3 Å². The van der Waals surface area contributed by atoms with E-state index in [4.69, 9.17) is 15.2 Å². The molecule has 0 unspecified atom stereocenters. The van der Waals surface area contributed by atoms with Crippen molar-refractivity contribution < 1.29 is 19.1 Å². The van der Waals surface area contributed by atoms with Gasteiger partial charge in [-0.3, -0.25) is 0 Å². The first-order chi connectivity index (χ1) is 14.6. The Labute approximate surface area is 184 Å². The van der Waals surface area contributed by atoms with E-state index < -0.39 is 5.60 Å². The van der Waals surface area contributed by atoms with Gasteiger partial charge in [0.2, 0.25) is 0 Å². The molecule has 1 saturated heterocycles. The van der Waals surface area contributed by atoms with Gasteiger partial charge in [0.1, 0.15) is 11.4 Å². The summed E-state index contributed by atoms with van der Waals surface area (Å²) >= 11 is 0. The van der Waals surface area contributed by atoms with Crippen molar-refractivity contribution in [2.24, 2.45) is 0 Å². The first kappa shape index (κ1) is 24.6. The molecule has 1 aliphatic rings. The molecule has 1 aromatic rings. The molecule has 0 aliphatic carbocycles. The molecule has 0 bridgehead atoms. The Morgan fingerprint density at radius 2 is 2.00 bits per heavy atom. The van der Waals surface area contributed by atoms with E-state index in [0.717, 1.165) is 12.8 Å². The minimum Gasteiger partial charge on any atom is -0.463 e. The summed E-state index contributed by atoms with van der Waals surface area (Å²) in [5.41, 5.74) is 7.64. The maximum absolute atomic E-state index is 12.8. The highest BCUT2D eigenvalue weighted by Crippen LogP contribution is 2.28. The van der Waals surface area contributed by atoms with Crippen molar-refractivity contribution in [2.75, 3.05) is 25.4 Å². The molecule has 1 fully saturated rings. The van der Waals surface area contributed by atoms with Gasteiger partial charge in [-0.2, -0.15) is 5.10 Å². The highest BCUT2D eigenvalue weighted by molar-refractivity contribution is 5.98. The Kier molecular flexibility index (Phi) is 8.36. The number of aromatic nitrogens is 2. The Hall–Kier alpha value is -2.71. The number of nitrogens with zero attached hydrogens (tertiary/aromatic N) is 3. The molecule has 2 heterocycles. The number of hydrogen-bond donors (Lipinski definition) is 2. The minimum atomic E-state index is -0.547. The lowest BCUT2D eigenvalue weighted by atomic mass is 10.0. The molecule has 0 radical (unpaired) electrons. The van der Waals surface area contributed by atoms with E-state index in [1.54, 1.807) is 22.7 Å². The van der Waals surface area contributed by atoms with Gasteiger partial charge < -0.3 is 25.4 Å². The SMILES string of the molecule is CCC/C(C(=O)OCC)=C(/N[C@H]1CCN(C(=O)OC(C)(C)C)C1)c1cnn(CC)c1N. The van der Waals surface area contributed by atoms with Crippen LogP contribution in [0.1, 0.15) is 66.4 Å². The molecular weight excluding hydrogens is 398 g/mol. The molecule has 3 N–H and O–H groups in total. The fraction of sp³-hybridized carbons (Fsp3) is 0.682. The number of likely N-dealkylation sites (tertiary alicyclic amines) is 1. The highest BCUT2D eigenvalue weighted by atomic mass is 16.6. The number of esters is 1. The fourth-order valence-corrected chi connectivity index (χ4v) is 3.54. The molecular formula is C22H37N5O4. The molecule has 0 spiro atoms. The highest BCUT2D eigenvalue weighted by Gasteiger charge is 2.32. The summed E-state index contributed by atoms with van der Waals surface area (Å²) in [5, 5.41) is 7.82. The first-order valence-electron chi connectivity index (χ1n) is 11.1. The Morgan fingerprint density at radius 3 is 2.55 bits per heavy atom. The van der Waals surface area contributed by atoms with Crippen molar-refractivity contribution in [3.8, 4) is 0 Å². The monoisotopic (exact) mass is 435 g/mol. The Morgan fingerprint density at radius 1 is 1.29 bits per heavy atom. The number of nitrogens with one attached hydrogen (secondary N) is 1. The van der Waals surface area contributed by atoms with Gasteiger partial charge in [-0.05, 0) is 47.5 Å². The van der Waals surface area contributed by atoms with E-state index in [1.807, 2.05) is 34.6 Å². The number of rotatable bonds is 8. The molecule has 1 aromatic heterocycles. The molecule has 0 saturated carbocycles. The number of amides is 1. The quantitative estimate of drug-likeness (QED) is 0.476. The van der Waals surface area contributed by atoms with Gasteiger partial charge in [0, 0.05) is 25.7 Å². The minimum absolute atomic E-state index is 0.0480. The van der Waals surface area contributed by atoms with Crippen molar-refractivity contribution in [1.82, 2.24) is 20.0 Å². The largest absolute Gasteiger partial charge is 0.463 e. The standard InChI is InChI=1S/C22H37N5O4/c1-7-10-16(20(28)30-9-3)18(17-13-24-27(8-2)19(17)23)25-15-11-12-26(14-15)21(29)31-22(4,5)6/h13,15,25H,7-12,14,23H2,1-6H3/b18-16-/t15-/m0/s1. The predicted molar refractivity (Wildman–Crippen MR) is 120 cm³/mol. The van der Waals surface area contributed by atoms with E-state index >= 15 is 0 Å². The number of nitrogens with two attached hydrogens (primary N) is 1. The lowest BCUT2D eigenvalue weighted by Crippen LogP contribution is -2.38. The number of anilines is 1. The third-order valence-corrected chi connectivity index (χ3v) is 4.96. The van der Waals surface area contributed by atoms with Crippen molar-refractivity contribution in [1.29, 1.82) is 0 Å². The van der Waals surface area contributed by atoms with Crippen LogP contribution in [0.25, 0.3) is 5.70 Å². The molecule has 1 atom stereocenters. The second kappa shape index (κ2) is 10.5. The van der Waals surface area contributed by atoms with Crippen LogP contribution in [0.3, 0.4) is 0 Å². The van der Waals surface area contributed by atoms with Gasteiger partial charge in [0.25, 0.3) is 0 Å². The van der Waals surface area contributed by atoms with E-state index in [1.165, 1.54) is 0 Å². The zero-order chi connectivity index (χ0) is 23.2. The smallest absolute Gasteiger partial charge is 0.410 e. The summed E-state index contributed by atoms with van der Waals surface area (Å²) in [6.07, 6.45) is 3.39. The number of carbonyl (C=O) groups is 2. The normalized spacial score (nSPS) is 17.4. The third kappa shape index (κ3) is 6.38. The lowest BCUT2D eigenvalue weighted by Gasteiger charge is -2.25. The van der Waals surface area contributed by atoms with Crippen LogP contribution in [0.15, 0.2) is 11.8 Å². The number of hydrogen-bond acceptors (Lipinski definition) is 7. The van der Waals surface area contributed by atoms with Gasteiger partial charge in [-0.25, -0.2) is 14.3 Å². The Bertz CT molecular complexity index is 809. The molecule has 9 heteroatoms. The van der Waals surface area contributed by atoms with E-state index in [2.05, 4.69) is 10.4 Å². The van der Waals surface area contributed by atoms with E-state index in [-0.39, 0.29) is 18.1 Å². The zero-order valence-corrected chi connectivity index (χ0v) is 19.7. The van der Waals surface area contributed by atoms with Crippen LogP contribution in [-0.2, 0) is 20.8 Å². The maximum Gasteiger partial charge on any atom is 0.410 e. The number of nitrogen functional groups attached to an aromatic ring is 1. The van der Waals surface area contributed by atoms with Crippen LogP contribution in [-0.4, -0.2) is 58.1 Å². The summed E-state index contributed by atoms with van der Waals surface area (Å²) in [6, 6.07) is -0.0480. The summed E-state index contributed by atoms with van der Waals surface area (Å²) in [6.45, 7) is 13.3. The van der Waals surface area contributed by atoms with Crippen molar-refractivity contribution in [3.05, 3.63) is 17.3 Å². The molecule has 0 aromatic carbocycles. The Balaban J connectivity index is 2.33. The first-order valence-corrected chi connectivity index (χ1v) is 11.1. The average molecular weight is 436 g/mol. The lowest BCUT2D eigenvalue weighted by molar-refractivity contribution is -0.138. The summed E-state index contributed by atoms with van der Waals surface area (Å²) in [5.74, 6) is 0.127. The number of aryl methyl sites for hydroxylation is 1.